The largest absolute Gasteiger partial charge is 0.480 e. The van der Waals surface area contributed by atoms with Gasteiger partial charge in [-0.3, -0.25) is 19.3 Å². The van der Waals surface area contributed by atoms with E-state index >= 15 is 0 Å². The van der Waals surface area contributed by atoms with Gasteiger partial charge in [0.05, 0.1) is 0 Å². The number of hydrogen-bond donors (Lipinski definition) is 3. The Hall–Kier alpha value is -1.67. The molecule has 8 heteroatoms. The van der Waals surface area contributed by atoms with Crippen LogP contribution in [0.2, 0.25) is 0 Å². The predicted octanol–water partition coefficient (Wildman–Crippen LogP) is -0.110. The van der Waals surface area contributed by atoms with Gasteiger partial charge in [0.2, 0.25) is 11.8 Å². The van der Waals surface area contributed by atoms with Crippen molar-refractivity contribution >= 4 is 17.8 Å². The number of carboxylic acids is 1. The van der Waals surface area contributed by atoms with Crippen LogP contribution in [0.4, 0.5) is 0 Å². The SMILES string of the molecule is O=C(O)CNC(=O)C1CCC(C(=O)N2CCN(C3CCNCC3)CC2)CC1. The van der Waals surface area contributed by atoms with Gasteiger partial charge in [-0.1, -0.05) is 0 Å². The second-order valence-corrected chi connectivity index (χ2v) is 8.00. The van der Waals surface area contributed by atoms with Crippen molar-refractivity contribution in [2.45, 2.75) is 44.6 Å². The molecule has 0 bridgehead atoms. The fourth-order valence-corrected chi connectivity index (χ4v) is 4.65. The summed E-state index contributed by atoms with van der Waals surface area (Å²) in [5, 5.41) is 14.5. The molecule has 3 N–H and O–H groups in total. The van der Waals surface area contributed by atoms with Gasteiger partial charge in [-0.15, -0.1) is 0 Å². The van der Waals surface area contributed by atoms with E-state index in [0.29, 0.717) is 18.9 Å². The van der Waals surface area contributed by atoms with Crippen LogP contribution in [-0.4, -0.2) is 84.5 Å². The fourth-order valence-electron chi connectivity index (χ4n) is 4.65. The molecular formula is C19H32N4O4. The van der Waals surface area contributed by atoms with E-state index in [4.69, 9.17) is 5.11 Å². The van der Waals surface area contributed by atoms with Gasteiger partial charge in [-0.25, -0.2) is 0 Å². The number of carbonyl (C=O) groups excluding carboxylic acids is 2. The van der Waals surface area contributed by atoms with E-state index in [9.17, 15) is 14.4 Å². The molecule has 3 rings (SSSR count). The molecule has 152 valence electrons. The zero-order chi connectivity index (χ0) is 19.2. The smallest absolute Gasteiger partial charge is 0.322 e. The molecule has 0 aromatic rings. The van der Waals surface area contributed by atoms with E-state index < -0.39 is 5.97 Å². The minimum atomic E-state index is -1.03. The Balaban J connectivity index is 1.39. The Kier molecular flexibility index (Phi) is 7.07. The summed E-state index contributed by atoms with van der Waals surface area (Å²) in [5.41, 5.74) is 0. The highest BCUT2D eigenvalue weighted by molar-refractivity contribution is 5.83. The van der Waals surface area contributed by atoms with Gasteiger partial charge in [0.1, 0.15) is 6.54 Å². The quantitative estimate of drug-likeness (QED) is 0.615. The Labute approximate surface area is 160 Å². The lowest BCUT2D eigenvalue weighted by atomic mass is 9.81. The van der Waals surface area contributed by atoms with Gasteiger partial charge in [-0.2, -0.15) is 0 Å². The lowest BCUT2D eigenvalue weighted by molar-refractivity contribution is -0.140. The first-order chi connectivity index (χ1) is 13.0. The maximum atomic E-state index is 12.8. The summed E-state index contributed by atoms with van der Waals surface area (Å²) < 4.78 is 0. The Bertz CT molecular complexity index is 534. The van der Waals surface area contributed by atoms with Crippen LogP contribution in [0.3, 0.4) is 0 Å². The number of amides is 2. The number of nitrogens with zero attached hydrogens (tertiary/aromatic N) is 2. The molecule has 8 nitrogen and oxygen atoms in total. The van der Waals surface area contributed by atoms with Gasteiger partial charge in [0.25, 0.3) is 0 Å². The minimum Gasteiger partial charge on any atom is -0.480 e. The van der Waals surface area contributed by atoms with Crippen molar-refractivity contribution in [1.29, 1.82) is 0 Å². The highest BCUT2D eigenvalue weighted by atomic mass is 16.4. The molecule has 1 aliphatic carbocycles. The van der Waals surface area contributed by atoms with Gasteiger partial charge < -0.3 is 20.6 Å². The summed E-state index contributed by atoms with van der Waals surface area (Å²) in [5.74, 6) is -1.14. The molecule has 2 saturated heterocycles. The summed E-state index contributed by atoms with van der Waals surface area (Å²) in [6.07, 6.45) is 5.16. The van der Waals surface area contributed by atoms with E-state index in [-0.39, 0.29) is 30.2 Å². The maximum Gasteiger partial charge on any atom is 0.322 e. The molecule has 3 fully saturated rings. The van der Waals surface area contributed by atoms with Gasteiger partial charge in [-0.05, 0) is 51.6 Å². The molecule has 27 heavy (non-hydrogen) atoms. The zero-order valence-electron chi connectivity index (χ0n) is 16.0. The average Bonchev–Trinajstić information content (AvgIpc) is 2.72. The highest BCUT2D eigenvalue weighted by Gasteiger charge is 2.34. The summed E-state index contributed by atoms with van der Waals surface area (Å²) >= 11 is 0. The molecule has 0 aromatic carbocycles. The van der Waals surface area contributed by atoms with E-state index in [1.165, 1.54) is 12.8 Å². The number of carboxylic acid groups (broad SMARTS) is 1. The molecule has 1 saturated carbocycles. The van der Waals surface area contributed by atoms with Crippen molar-refractivity contribution < 1.29 is 19.5 Å². The normalized spacial score (nSPS) is 27.9. The molecule has 3 aliphatic rings. The molecule has 2 aliphatic heterocycles. The zero-order valence-corrected chi connectivity index (χ0v) is 16.0. The van der Waals surface area contributed by atoms with Gasteiger partial charge >= 0.3 is 5.97 Å². The second-order valence-electron chi connectivity index (χ2n) is 8.00. The highest BCUT2D eigenvalue weighted by Crippen LogP contribution is 2.30. The van der Waals surface area contributed by atoms with Crippen molar-refractivity contribution in [2.75, 3.05) is 45.8 Å². The van der Waals surface area contributed by atoms with Crippen LogP contribution >= 0.6 is 0 Å². The van der Waals surface area contributed by atoms with Crippen LogP contribution in [0, 0.1) is 11.8 Å². The fraction of sp³-hybridized carbons (Fsp3) is 0.842. The second kappa shape index (κ2) is 9.50. The molecule has 0 aromatic heterocycles. The number of rotatable bonds is 5. The van der Waals surface area contributed by atoms with E-state index in [2.05, 4.69) is 15.5 Å². The van der Waals surface area contributed by atoms with E-state index in [0.717, 1.165) is 52.1 Å². The lowest BCUT2D eigenvalue weighted by Gasteiger charge is -2.42. The maximum absolute atomic E-state index is 12.8. The summed E-state index contributed by atoms with van der Waals surface area (Å²) in [6.45, 7) is 5.38. The van der Waals surface area contributed by atoms with E-state index in [1.54, 1.807) is 0 Å². The summed E-state index contributed by atoms with van der Waals surface area (Å²) in [4.78, 5) is 39.9. The third-order valence-electron chi connectivity index (χ3n) is 6.31. The number of hydrogen-bond acceptors (Lipinski definition) is 5. The first kappa shape index (κ1) is 20.1. The molecule has 2 amide bonds. The van der Waals surface area contributed by atoms with Crippen LogP contribution in [0.1, 0.15) is 38.5 Å². The average molecular weight is 380 g/mol. The van der Waals surface area contributed by atoms with Crippen LogP contribution in [-0.2, 0) is 14.4 Å². The number of nitrogens with one attached hydrogen (secondary N) is 2. The monoisotopic (exact) mass is 380 g/mol. The Morgan fingerprint density at radius 3 is 2.07 bits per heavy atom. The summed E-state index contributed by atoms with van der Waals surface area (Å²) in [6, 6.07) is 0.656. The van der Waals surface area contributed by atoms with Crippen molar-refractivity contribution in [1.82, 2.24) is 20.4 Å². The summed E-state index contributed by atoms with van der Waals surface area (Å²) in [7, 11) is 0. The number of piperazine rings is 1. The Morgan fingerprint density at radius 2 is 1.48 bits per heavy atom. The number of aliphatic carboxylic acids is 1. The van der Waals surface area contributed by atoms with Crippen LogP contribution in [0.15, 0.2) is 0 Å². The Morgan fingerprint density at radius 1 is 0.889 bits per heavy atom. The predicted molar refractivity (Wildman–Crippen MR) is 100 cm³/mol. The van der Waals surface area contributed by atoms with Crippen molar-refractivity contribution in [3.63, 3.8) is 0 Å². The minimum absolute atomic E-state index is 0.0129. The number of piperidine rings is 1. The first-order valence-corrected chi connectivity index (χ1v) is 10.3. The number of carbonyl (C=O) groups is 3. The molecule has 0 radical (unpaired) electrons. The lowest BCUT2D eigenvalue weighted by Crippen LogP contribution is -2.55. The third kappa shape index (κ3) is 5.42. The molecular weight excluding hydrogens is 348 g/mol. The topological polar surface area (TPSA) is 102 Å². The van der Waals surface area contributed by atoms with Crippen LogP contribution in [0.5, 0.6) is 0 Å². The van der Waals surface area contributed by atoms with Crippen molar-refractivity contribution in [2.24, 2.45) is 11.8 Å². The third-order valence-corrected chi connectivity index (χ3v) is 6.31. The van der Waals surface area contributed by atoms with Crippen LogP contribution < -0.4 is 10.6 Å². The first-order valence-electron chi connectivity index (χ1n) is 10.3. The molecule has 2 heterocycles. The molecule has 0 unspecified atom stereocenters. The van der Waals surface area contributed by atoms with Gasteiger partial charge in [0, 0.05) is 44.1 Å². The van der Waals surface area contributed by atoms with Gasteiger partial charge in [0.15, 0.2) is 0 Å². The van der Waals surface area contributed by atoms with Crippen molar-refractivity contribution in [3.8, 4) is 0 Å². The van der Waals surface area contributed by atoms with Crippen LogP contribution in [0.25, 0.3) is 0 Å². The van der Waals surface area contributed by atoms with E-state index in [1.807, 2.05) is 4.90 Å². The standard InChI is InChI=1S/C19H32N4O4/c24-17(25)13-21-18(26)14-1-3-15(4-2-14)19(27)23-11-9-22(10-12-23)16-5-7-20-8-6-16/h14-16,20H,1-13H2,(H,21,26)(H,24,25). The molecule has 0 atom stereocenters. The molecule has 0 spiro atoms. The van der Waals surface area contributed by atoms with Crippen molar-refractivity contribution in [3.05, 3.63) is 0 Å².